The fourth-order valence-electron chi connectivity index (χ4n) is 2.72. The molecule has 0 atom stereocenters. The van der Waals surface area contributed by atoms with E-state index in [4.69, 9.17) is 20.4 Å². The van der Waals surface area contributed by atoms with E-state index in [2.05, 4.69) is 5.16 Å². The van der Waals surface area contributed by atoms with E-state index in [1.807, 2.05) is 18.2 Å². The van der Waals surface area contributed by atoms with Crippen LogP contribution in [-0.2, 0) is 11.3 Å². The van der Waals surface area contributed by atoms with Crippen LogP contribution < -0.4 is 10.5 Å². The molecule has 2 rings (SSSR count). The lowest BCUT2D eigenvalue weighted by Gasteiger charge is -2.16. The van der Waals surface area contributed by atoms with Gasteiger partial charge in [0.25, 0.3) is 0 Å². The van der Waals surface area contributed by atoms with Crippen LogP contribution in [0.3, 0.4) is 0 Å². The first-order valence-corrected chi connectivity index (χ1v) is 7.51. The molecule has 0 aromatic heterocycles. The minimum absolute atomic E-state index is 0.0446. The topological polar surface area (TPSA) is 77.1 Å². The van der Waals surface area contributed by atoms with Crippen molar-refractivity contribution in [3.63, 3.8) is 0 Å². The van der Waals surface area contributed by atoms with Crippen molar-refractivity contribution < 1.29 is 14.7 Å². The van der Waals surface area contributed by atoms with Crippen LogP contribution in [0.5, 0.6) is 5.75 Å². The summed E-state index contributed by atoms with van der Waals surface area (Å²) in [7, 11) is 1.56. The maximum absolute atomic E-state index is 8.84. The van der Waals surface area contributed by atoms with E-state index >= 15 is 0 Å². The van der Waals surface area contributed by atoms with E-state index in [0.717, 1.165) is 18.4 Å². The van der Waals surface area contributed by atoms with Gasteiger partial charge in [-0.25, -0.2) is 0 Å². The average Bonchev–Trinajstić information content (AvgIpc) is 2.80. The van der Waals surface area contributed by atoms with Gasteiger partial charge in [-0.05, 0) is 30.5 Å². The van der Waals surface area contributed by atoms with E-state index in [0.29, 0.717) is 24.0 Å². The second-order valence-electron chi connectivity index (χ2n) is 5.44. The zero-order valence-electron chi connectivity index (χ0n) is 12.5. The minimum Gasteiger partial charge on any atom is -0.496 e. The van der Waals surface area contributed by atoms with Crippen molar-refractivity contribution in [3.05, 3.63) is 29.3 Å². The Labute approximate surface area is 125 Å². The lowest BCUT2D eigenvalue weighted by atomic mass is 10.1. The van der Waals surface area contributed by atoms with Gasteiger partial charge in [-0.2, -0.15) is 0 Å². The molecule has 5 heteroatoms. The third kappa shape index (κ3) is 4.36. The lowest BCUT2D eigenvalue weighted by Crippen LogP contribution is -2.15. The van der Waals surface area contributed by atoms with Gasteiger partial charge in [0, 0.05) is 0 Å². The lowest BCUT2D eigenvalue weighted by molar-refractivity contribution is 0.0309. The Morgan fingerprint density at radius 1 is 1.29 bits per heavy atom. The predicted octanol–water partition coefficient (Wildman–Crippen LogP) is 3.03. The molecule has 3 N–H and O–H groups in total. The van der Waals surface area contributed by atoms with Crippen molar-refractivity contribution in [2.75, 3.05) is 7.11 Å². The minimum atomic E-state index is 0.0446. The van der Waals surface area contributed by atoms with Crippen LogP contribution in [0.25, 0.3) is 0 Å². The molecule has 1 aromatic carbocycles. The van der Waals surface area contributed by atoms with Crippen LogP contribution in [0, 0.1) is 0 Å². The molecule has 0 unspecified atom stereocenters. The summed E-state index contributed by atoms with van der Waals surface area (Å²) in [5.41, 5.74) is 7.27. The molecule has 0 heterocycles. The monoisotopic (exact) mass is 292 g/mol. The van der Waals surface area contributed by atoms with Crippen LogP contribution in [0.2, 0.25) is 0 Å². The van der Waals surface area contributed by atoms with Gasteiger partial charge in [0.05, 0.1) is 25.4 Å². The van der Waals surface area contributed by atoms with E-state index in [1.54, 1.807) is 7.11 Å². The molecule has 0 amide bonds. The van der Waals surface area contributed by atoms with Crippen LogP contribution in [0.1, 0.15) is 49.7 Å². The molecule has 0 bridgehead atoms. The summed E-state index contributed by atoms with van der Waals surface area (Å²) in [6.07, 6.45) is 7.77. The van der Waals surface area contributed by atoms with Crippen LogP contribution >= 0.6 is 0 Å². The summed E-state index contributed by atoms with van der Waals surface area (Å²) < 4.78 is 11.2. The average molecular weight is 292 g/mol. The highest BCUT2D eigenvalue weighted by molar-refractivity contribution is 5.99. The molecule has 0 aliphatic heterocycles. The van der Waals surface area contributed by atoms with Gasteiger partial charge in [-0.3, -0.25) is 0 Å². The first-order valence-electron chi connectivity index (χ1n) is 7.51. The van der Waals surface area contributed by atoms with Gasteiger partial charge < -0.3 is 20.4 Å². The summed E-state index contributed by atoms with van der Waals surface area (Å²) >= 11 is 0. The zero-order chi connectivity index (χ0) is 15.1. The fraction of sp³-hybridized carbons (Fsp3) is 0.562. The molecule has 21 heavy (non-hydrogen) atoms. The molecule has 1 aliphatic carbocycles. The first kappa shape index (κ1) is 15.6. The van der Waals surface area contributed by atoms with Crippen LogP contribution in [0.4, 0.5) is 0 Å². The summed E-state index contributed by atoms with van der Waals surface area (Å²) in [5, 5.41) is 11.9. The van der Waals surface area contributed by atoms with E-state index < -0.39 is 0 Å². The molecule has 5 nitrogen and oxygen atoms in total. The Balaban J connectivity index is 2.02. The molecular weight excluding hydrogens is 268 g/mol. The number of methoxy groups -OCH3 is 1. The van der Waals surface area contributed by atoms with Crippen molar-refractivity contribution in [2.45, 2.75) is 51.2 Å². The van der Waals surface area contributed by atoms with Gasteiger partial charge in [0.1, 0.15) is 5.75 Å². The number of oxime groups is 1. The summed E-state index contributed by atoms with van der Waals surface area (Å²) in [4.78, 5) is 0. The van der Waals surface area contributed by atoms with Crippen molar-refractivity contribution in [3.8, 4) is 5.75 Å². The van der Waals surface area contributed by atoms with E-state index in [9.17, 15) is 0 Å². The third-order valence-corrected chi connectivity index (χ3v) is 3.94. The number of rotatable bonds is 5. The molecule has 0 saturated heterocycles. The Kier molecular flexibility index (Phi) is 5.87. The van der Waals surface area contributed by atoms with Crippen molar-refractivity contribution in [1.82, 2.24) is 0 Å². The SMILES string of the molecule is COc1ccc(COC2CCCCCC2)cc1C(N)=NO. The highest BCUT2D eigenvalue weighted by atomic mass is 16.5. The largest absolute Gasteiger partial charge is 0.496 e. The van der Waals surface area contributed by atoms with Gasteiger partial charge in [0.15, 0.2) is 5.84 Å². The maximum atomic E-state index is 8.84. The Hall–Kier alpha value is -1.75. The Morgan fingerprint density at radius 2 is 2.00 bits per heavy atom. The van der Waals surface area contributed by atoms with Crippen molar-refractivity contribution >= 4 is 5.84 Å². The van der Waals surface area contributed by atoms with Crippen LogP contribution in [0.15, 0.2) is 23.4 Å². The Morgan fingerprint density at radius 3 is 2.62 bits per heavy atom. The summed E-state index contributed by atoms with van der Waals surface area (Å²) in [5.74, 6) is 0.631. The normalized spacial score (nSPS) is 17.5. The molecule has 0 spiro atoms. The molecule has 116 valence electrons. The molecule has 0 radical (unpaired) electrons. The quantitative estimate of drug-likeness (QED) is 0.287. The van der Waals surface area contributed by atoms with E-state index in [1.165, 1.54) is 25.7 Å². The van der Waals surface area contributed by atoms with Gasteiger partial charge in [-0.1, -0.05) is 36.9 Å². The van der Waals surface area contributed by atoms with Gasteiger partial charge >= 0.3 is 0 Å². The standard InChI is InChI=1S/C16H24N2O3/c1-20-15-9-8-12(10-14(15)16(17)18-19)11-21-13-6-4-2-3-5-7-13/h8-10,13,19H,2-7,11H2,1H3,(H2,17,18). The highest BCUT2D eigenvalue weighted by Crippen LogP contribution is 2.23. The number of ether oxygens (including phenoxy) is 2. The number of nitrogens with two attached hydrogens (primary N) is 1. The van der Waals surface area contributed by atoms with Crippen molar-refractivity contribution in [2.24, 2.45) is 10.9 Å². The third-order valence-electron chi connectivity index (χ3n) is 3.94. The smallest absolute Gasteiger partial charge is 0.173 e. The number of amidine groups is 1. The Bertz CT molecular complexity index is 480. The molecule has 1 aromatic rings. The van der Waals surface area contributed by atoms with E-state index in [-0.39, 0.29) is 5.84 Å². The molecule has 1 aliphatic rings. The van der Waals surface area contributed by atoms with Gasteiger partial charge in [-0.15, -0.1) is 0 Å². The number of hydrogen-bond acceptors (Lipinski definition) is 4. The van der Waals surface area contributed by atoms with Crippen LogP contribution in [-0.4, -0.2) is 24.3 Å². The van der Waals surface area contributed by atoms with Crippen molar-refractivity contribution in [1.29, 1.82) is 0 Å². The second-order valence-corrected chi connectivity index (χ2v) is 5.44. The van der Waals surface area contributed by atoms with Gasteiger partial charge in [0.2, 0.25) is 0 Å². The highest BCUT2D eigenvalue weighted by Gasteiger charge is 2.14. The predicted molar refractivity (Wildman–Crippen MR) is 81.8 cm³/mol. The second kappa shape index (κ2) is 7.88. The molecular formula is C16H24N2O3. The number of nitrogens with zero attached hydrogens (tertiary/aromatic N) is 1. The summed E-state index contributed by atoms with van der Waals surface area (Å²) in [6.45, 7) is 0.542. The molecule has 1 saturated carbocycles. The maximum Gasteiger partial charge on any atom is 0.173 e. The molecule has 1 fully saturated rings. The number of hydrogen-bond donors (Lipinski definition) is 2. The zero-order valence-corrected chi connectivity index (χ0v) is 12.5. The summed E-state index contributed by atoms with van der Waals surface area (Å²) in [6, 6.07) is 5.62. The first-order chi connectivity index (χ1) is 10.2. The number of benzene rings is 1. The fourth-order valence-corrected chi connectivity index (χ4v) is 2.72.